The van der Waals surface area contributed by atoms with Crippen molar-refractivity contribution in [3.05, 3.63) is 33.1 Å². The van der Waals surface area contributed by atoms with Gasteiger partial charge in [0.2, 0.25) is 5.69 Å². The molecule has 2 unspecified atom stereocenters. The number of carbonyl (C=O) groups excluding carboxylic acids is 1. The molecular weight excluding hydrogens is 425 g/mol. The van der Waals surface area contributed by atoms with Crippen molar-refractivity contribution in [3.63, 3.8) is 0 Å². The summed E-state index contributed by atoms with van der Waals surface area (Å²) in [5.41, 5.74) is -5.08. The molecule has 2 rings (SSSR count). The summed E-state index contributed by atoms with van der Waals surface area (Å²) in [5, 5.41) is 6.74. The molecule has 1 amide bonds. The number of hydrogen-bond donors (Lipinski definition) is 1. The van der Waals surface area contributed by atoms with E-state index in [-0.39, 0.29) is 0 Å². The molecule has 1 aliphatic rings. The molecule has 0 bridgehead atoms. The summed E-state index contributed by atoms with van der Waals surface area (Å²) in [4.78, 5) is 15.0. The number of benzene rings is 1. The van der Waals surface area contributed by atoms with Crippen LogP contribution in [-0.2, 0) is 11.0 Å². The number of nitrogens with one attached hydrogen (secondary N) is 1. The van der Waals surface area contributed by atoms with Gasteiger partial charge in [0.15, 0.2) is 11.6 Å². The molecule has 2 atom stereocenters. The van der Waals surface area contributed by atoms with Gasteiger partial charge < -0.3 is 5.32 Å². The number of halogens is 8. The number of amides is 1. The van der Waals surface area contributed by atoms with Crippen molar-refractivity contribution in [2.45, 2.75) is 37.3 Å². The predicted octanol–water partition coefficient (Wildman–Crippen LogP) is 6.05. The van der Waals surface area contributed by atoms with Crippen molar-refractivity contribution in [1.82, 2.24) is 0 Å². The molecule has 1 aromatic carbocycles. The second kappa shape index (κ2) is 6.83. The maximum Gasteiger partial charge on any atom is 0.412 e. The van der Waals surface area contributed by atoms with Crippen LogP contribution in [0.2, 0.25) is 10.0 Å². The summed E-state index contributed by atoms with van der Waals surface area (Å²) in [6, 6.07) is -1.56. The molecule has 27 heavy (non-hydrogen) atoms. The van der Waals surface area contributed by atoms with Crippen LogP contribution in [0, 0.1) is 6.57 Å². The molecule has 0 aromatic heterocycles. The molecule has 0 radical (unpaired) electrons. The van der Waals surface area contributed by atoms with Gasteiger partial charge in [-0.1, -0.05) is 23.2 Å². The number of hydrogen-bond acceptors (Lipinski definition) is 3. The first-order chi connectivity index (χ1) is 12.2. The molecular formula is C14H8Cl2F6N4O. The van der Waals surface area contributed by atoms with Crippen molar-refractivity contribution < 1.29 is 31.1 Å². The van der Waals surface area contributed by atoms with Gasteiger partial charge in [-0.05, 0) is 13.0 Å². The van der Waals surface area contributed by atoms with E-state index in [4.69, 9.17) is 29.8 Å². The van der Waals surface area contributed by atoms with Gasteiger partial charge in [-0.15, -0.1) is 0 Å². The lowest BCUT2D eigenvalue weighted by Crippen LogP contribution is -2.40. The Labute approximate surface area is 158 Å². The van der Waals surface area contributed by atoms with Crippen molar-refractivity contribution >= 4 is 40.5 Å². The first-order valence-electron chi connectivity index (χ1n) is 6.97. The normalized spacial score (nSPS) is 22.6. The lowest BCUT2D eigenvalue weighted by molar-refractivity contribution is -0.148. The van der Waals surface area contributed by atoms with Gasteiger partial charge >= 0.3 is 12.4 Å². The Morgan fingerprint density at radius 3 is 2.37 bits per heavy atom. The first kappa shape index (κ1) is 21.2. The molecule has 1 heterocycles. The van der Waals surface area contributed by atoms with Gasteiger partial charge in [-0.3, -0.25) is 4.79 Å². The fraction of sp³-hybridized carbons (Fsp3) is 0.429. The van der Waals surface area contributed by atoms with Crippen LogP contribution in [0.5, 0.6) is 0 Å². The molecule has 0 saturated heterocycles. The van der Waals surface area contributed by atoms with Gasteiger partial charge in [-0.25, -0.2) is 4.85 Å². The monoisotopic (exact) mass is 432 g/mol. The molecule has 5 nitrogen and oxygen atoms in total. The van der Waals surface area contributed by atoms with E-state index in [0.717, 1.165) is 6.92 Å². The average Bonchev–Trinajstić information content (AvgIpc) is 2.93. The number of alkyl halides is 6. The van der Waals surface area contributed by atoms with E-state index in [1.54, 1.807) is 0 Å². The van der Waals surface area contributed by atoms with Gasteiger partial charge in [-0.2, -0.15) is 36.6 Å². The zero-order valence-electron chi connectivity index (χ0n) is 13.1. The maximum atomic E-state index is 13.2. The predicted molar refractivity (Wildman–Crippen MR) is 84.1 cm³/mol. The summed E-state index contributed by atoms with van der Waals surface area (Å²) >= 11 is 11.5. The minimum absolute atomic E-state index is 0.488. The van der Waals surface area contributed by atoms with Crippen LogP contribution < -0.4 is 5.32 Å². The smallest absolute Gasteiger partial charge is 0.321 e. The summed E-state index contributed by atoms with van der Waals surface area (Å²) < 4.78 is 77.6. The minimum Gasteiger partial charge on any atom is -0.321 e. The van der Waals surface area contributed by atoms with Crippen molar-refractivity contribution in [2.75, 3.05) is 5.32 Å². The average molecular weight is 433 g/mol. The Morgan fingerprint density at radius 1 is 1.33 bits per heavy atom. The molecule has 0 fully saturated rings. The number of anilines is 1. The number of carbonyl (C=O) groups is 1. The van der Waals surface area contributed by atoms with E-state index >= 15 is 0 Å². The highest BCUT2D eigenvalue weighted by molar-refractivity contribution is 6.41. The molecule has 146 valence electrons. The summed E-state index contributed by atoms with van der Waals surface area (Å²) in [5.74, 6) is -1.18. The van der Waals surface area contributed by atoms with Gasteiger partial charge in [0, 0.05) is 6.42 Å². The first-order valence-corrected chi connectivity index (χ1v) is 7.73. The SMILES string of the molecule is [C-]#[N+]c1cc(Cl)c(NC(=O)C2(C)CC(C(F)(F)F)N=N2)c(Cl)c1C(F)(F)F. The third-order valence-corrected chi connectivity index (χ3v) is 4.39. The highest BCUT2D eigenvalue weighted by Gasteiger charge is 2.51. The van der Waals surface area contributed by atoms with E-state index in [1.807, 2.05) is 5.32 Å². The van der Waals surface area contributed by atoms with Gasteiger partial charge in [0.1, 0.15) is 0 Å². The molecule has 0 spiro atoms. The largest absolute Gasteiger partial charge is 0.412 e. The number of azo groups is 1. The second-order valence-electron chi connectivity index (χ2n) is 5.76. The van der Waals surface area contributed by atoms with Crippen molar-refractivity contribution in [1.29, 1.82) is 0 Å². The molecule has 13 heteroatoms. The van der Waals surface area contributed by atoms with E-state index in [9.17, 15) is 31.1 Å². The Kier molecular flexibility index (Phi) is 5.38. The second-order valence-corrected chi connectivity index (χ2v) is 6.54. The van der Waals surface area contributed by atoms with Crippen LogP contribution in [0.4, 0.5) is 37.7 Å². The fourth-order valence-corrected chi connectivity index (χ4v) is 2.95. The van der Waals surface area contributed by atoms with E-state index in [0.29, 0.717) is 6.07 Å². The zero-order chi connectivity index (χ0) is 20.8. The lowest BCUT2D eigenvalue weighted by atomic mass is 9.94. The van der Waals surface area contributed by atoms with Crippen molar-refractivity contribution in [3.8, 4) is 0 Å². The van der Waals surface area contributed by atoms with E-state index < -0.39 is 63.2 Å². The Bertz CT molecular complexity index is 861. The number of nitrogens with zero attached hydrogens (tertiary/aromatic N) is 3. The van der Waals surface area contributed by atoms with Crippen LogP contribution in [-0.4, -0.2) is 23.7 Å². The Morgan fingerprint density at radius 2 is 1.93 bits per heavy atom. The quantitative estimate of drug-likeness (QED) is 0.448. The summed E-state index contributed by atoms with van der Waals surface area (Å²) in [7, 11) is 0. The van der Waals surface area contributed by atoms with Crippen LogP contribution >= 0.6 is 23.2 Å². The molecule has 1 aliphatic heterocycles. The van der Waals surface area contributed by atoms with Crippen LogP contribution in [0.3, 0.4) is 0 Å². The fourth-order valence-electron chi connectivity index (χ4n) is 2.30. The Hall–Kier alpha value is -2.06. The summed E-state index contributed by atoms with van der Waals surface area (Å²) in [6.45, 7) is 7.84. The van der Waals surface area contributed by atoms with Crippen LogP contribution in [0.1, 0.15) is 18.9 Å². The van der Waals surface area contributed by atoms with Gasteiger partial charge in [0.25, 0.3) is 5.91 Å². The molecule has 0 saturated carbocycles. The topological polar surface area (TPSA) is 58.2 Å². The van der Waals surface area contributed by atoms with Crippen molar-refractivity contribution in [2.24, 2.45) is 10.2 Å². The standard InChI is InChI=1S/C14H8Cl2F6N4O/c1-12(4-7(25-26-12)13(17,18)19)11(27)24-10-5(15)3-6(23-2)8(9(10)16)14(20,21)22/h3,7H,4H2,1H3,(H,24,27). The van der Waals surface area contributed by atoms with E-state index in [1.165, 1.54) is 0 Å². The third kappa shape index (κ3) is 4.11. The van der Waals surface area contributed by atoms with Crippen LogP contribution in [0.25, 0.3) is 4.85 Å². The highest BCUT2D eigenvalue weighted by Crippen LogP contribution is 2.48. The Balaban J connectivity index is 2.40. The molecule has 1 N–H and O–H groups in total. The number of rotatable bonds is 2. The van der Waals surface area contributed by atoms with E-state index in [2.05, 4.69) is 15.1 Å². The van der Waals surface area contributed by atoms with Gasteiger partial charge in [0.05, 0.1) is 27.9 Å². The third-order valence-electron chi connectivity index (χ3n) is 3.72. The molecule has 1 aromatic rings. The van der Waals surface area contributed by atoms with Crippen LogP contribution in [0.15, 0.2) is 16.3 Å². The molecule has 0 aliphatic carbocycles. The lowest BCUT2D eigenvalue weighted by Gasteiger charge is -2.22. The highest BCUT2D eigenvalue weighted by atomic mass is 35.5. The minimum atomic E-state index is -5.03. The zero-order valence-corrected chi connectivity index (χ0v) is 14.6. The maximum absolute atomic E-state index is 13.2. The summed E-state index contributed by atoms with van der Waals surface area (Å²) in [6.07, 6.45) is -10.6.